The highest BCUT2D eigenvalue weighted by Crippen LogP contribution is 2.11. The van der Waals surface area contributed by atoms with Gasteiger partial charge in [-0.15, -0.1) is 0 Å². The van der Waals surface area contributed by atoms with E-state index in [0.29, 0.717) is 11.3 Å². The lowest BCUT2D eigenvalue weighted by molar-refractivity contribution is 0.104. The summed E-state index contributed by atoms with van der Waals surface area (Å²) in [4.78, 5) is 26.4. The summed E-state index contributed by atoms with van der Waals surface area (Å²) in [5.41, 5.74) is 1.54. The number of imidazole rings is 1. The number of aromatic nitrogens is 2. The lowest BCUT2D eigenvalue weighted by Crippen LogP contribution is -2.14. The van der Waals surface area contributed by atoms with Gasteiger partial charge in [-0.3, -0.25) is 9.36 Å². The van der Waals surface area contributed by atoms with Gasteiger partial charge in [-0.25, -0.2) is 9.18 Å². The number of hydrogen-bond acceptors (Lipinski definition) is 2. The Morgan fingerprint density at radius 2 is 1.91 bits per heavy atom. The SMILES string of the molecule is O=C(C=Cc1ccc(F)cc1)c1cccc(-n2cc[nH]c2=O)c1. The van der Waals surface area contributed by atoms with Crippen molar-refractivity contribution >= 4 is 11.9 Å². The molecule has 0 fully saturated rings. The van der Waals surface area contributed by atoms with E-state index in [1.54, 1.807) is 48.7 Å². The van der Waals surface area contributed by atoms with Crippen LogP contribution < -0.4 is 5.69 Å². The molecule has 1 N–H and O–H groups in total. The van der Waals surface area contributed by atoms with Crippen LogP contribution in [-0.4, -0.2) is 15.3 Å². The minimum atomic E-state index is -0.321. The number of benzene rings is 2. The number of rotatable bonds is 4. The molecule has 1 aromatic heterocycles. The summed E-state index contributed by atoms with van der Waals surface area (Å²) in [5.74, 6) is -0.516. The first-order valence-corrected chi connectivity index (χ1v) is 6.98. The Morgan fingerprint density at radius 1 is 1.13 bits per heavy atom. The molecule has 0 unspecified atom stereocenters. The van der Waals surface area contributed by atoms with E-state index in [1.807, 2.05) is 0 Å². The Kier molecular flexibility index (Phi) is 4.01. The van der Waals surface area contributed by atoms with Crippen molar-refractivity contribution in [3.63, 3.8) is 0 Å². The third kappa shape index (κ3) is 3.35. The van der Waals surface area contributed by atoms with E-state index in [4.69, 9.17) is 0 Å². The Bertz CT molecular complexity index is 920. The van der Waals surface area contributed by atoms with Crippen LogP contribution in [0.5, 0.6) is 0 Å². The molecule has 0 aliphatic heterocycles. The first kappa shape index (κ1) is 14.7. The number of carbonyl (C=O) groups excluding carboxylic acids is 1. The number of carbonyl (C=O) groups is 1. The van der Waals surface area contributed by atoms with E-state index in [-0.39, 0.29) is 17.3 Å². The molecule has 0 bridgehead atoms. The van der Waals surface area contributed by atoms with Crippen LogP contribution in [0.4, 0.5) is 4.39 Å². The smallest absolute Gasteiger partial charge is 0.312 e. The average Bonchev–Trinajstić information content (AvgIpc) is 3.00. The van der Waals surface area contributed by atoms with Crippen LogP contribution in [0.3, 0.4) is 0 Å². The standard InChI is InChI=1S/C18H13FN2O2/c19-15-7-4-13(5-8-15)6-9-17(22)14-2-1-3-16(12-14)21-11-10-20-18(21)23/h1-12H,(H,20,23). The monoisotopic (exact) mass is 308 g/mol. The Balaban J connectivity index is 1.84. The molecule has 114 valence electrons. The van der Waals surface area contributed by atoms with Crippen LogP contribution in [0.15, 0.2) is 71.8 Å². The fourth-order valence-electron chi connectivity index (χ4n) is 2.17. The van der Waals surface area contributed by atoms with Crippen molar-refractivity contribution in [3.8, 4) is 5.69 Å². The third-order valence-electron chi connectivity index (χ3n) is 3.36. The van der Waals surface area contributed by atoms with Crippen LogP contribution in [0.25, 0.3) is 11.8 Å². The van der Waals surface area contributed by atoms with Crippen molar-refractivity contribution in [2.24, 2.45) is 0 Å². The molecule has 0 aliphatic rings. The molecule has 0 aliphatic carbocycles. The summed E-state index contributed by atoms with van der Waals surface area (Å²) in [7, 11) is 0. The molecule has 23 heavy (non-hydrogen) atoms. The number of nitrogens with zero attached hydrogens (tertiary/aromatic N) is 1. The number of nitrogens with one attached hydrogen (secondary N) is 1. The first-order chi connectivity index (χ1) is 11.1. The molecule has 4 nitrogen and oxygen atoms in total. The topological polar surface area (TPSA) is 54.9 Å². The van der Waals surface area contributed by atoms with E-state index in [2.05, 4.69) is 4.98 Å². The minimum Gasteiger partial charge on any atom is -0.312 e. The number of hydrogen-bond donors (Lipinski definition) is 1. The fourth-order valence-corrected chi connectivity index (χ4v) is 2.17. The highest BCUT2D eigenvalue weighted by Gasteiger charge is 2.05. The van der Waals surface area contributed by atoms with E-state index in [9.17, 15) is 14.0 Å². The van der Waals surface area contributed by atoms with Gasteiger partial charge in [0.05, 0.1) is 5.69 Å². The fraction of sp³-hybridized carbons (Fsp3) is 0. The van der Waals surface area contributed by atoms with Crippen LogP contribution in [0, 0.1) is 5.82 Å². The van der Waals surface area contributed by atoms with Gasteiger partial charge >= 0.3 is 5.69 Å². The maximum atomic E-state index is 12.8. The lowest BCUT2D eigenvalue weighted by atomic mass is 10.1. The predicted octanol–water partition coefficient (Wildman–Crippen LogP) is 3.20. The molecule has 0 saturated carbocycles. The van der Waals surface area contributed by atoms with Gasteiger partial charge in [0.25, 0.3) is 0 Å². The van der Waals surface area contributed by atoms with Gasteiger partial charge in [0.15, 0.2) is 5.78 Å². The molecule has 5 heteroatoms. The zero-order valence-electron chi connectivity index (χ0n) is 12.1. The van der Waals surface area contributed by atoms with Crippen molar-refractivity contribution in [1.29, 1.82) is 0 Å². The zero-order chi connectivity index (χ0) is 16.2. The van der Waals surface area contributed by atoms with Crippen molar-refractivity contribution in [2.75, 3.05) is 0 Å². The largest absolute Gasteiger partial charge is 0.330 e. The number of allylic oxidation sites excluding steroid dienone is 1. The molecule has 0 saturated heterocycles. The van der Waals surface area contributed by atoms with Crippen LogP contribution in [-0.2, 0) is 0 Å². The van der Waals surface area contributed by atoms with E-state index < -0.39 is 0 Å². The lowest BCUT2D eigenvalue weighted by Gasteiger charge is -2.03. The Morgan fingerprint density at radius 3 is 2.61 bits per heavy atom. The van der Waals surface area contributed by atoms with Crippen LogP contribution in [0.1, 0.15) is 15.9 Å². The van der Waals surface area contributed by atoms with Gasteiger partial charge in [0.2, 0.25) is 0 Å². The molecule has 0 radical (unpaired) electrons. The molecule has 1 heterocycles. The third-order valence-corrected chi connectivity index (χ3v) is 3.36. The molecule has 0 atom stereocenters. The van der Waals surface area contributed by atoms with Crippen molar-refractivity contribution < 1.29 is 9.18 Å². The second-order valence-corrected chi connectivity index (χ2v) is 4.93. The summed E-state index contributed by atoms with van der Waals surface area (Å²) < 4.78 is 14.3. The predicted molar refractivity (Wildman–Crippen MR) is 86.2 cm³/mol. The normalized spacial score (nSPS) is 11.0. The number of H-pyrrole nitrogens is 1. The average molecular weight is 308 g/mol. The number of ketones is 1. The molecular formula is C18H13FN2O2. The van der Waals surface area contributed by atoms with E-state index >= 15 is 0 Å². The quantitative estimate of drug-likeness (QED) is 0.594. The Labute approximate surface area is 131 Å². The Hall–Kier alpha value is -3.21. The van der Waals surface area contributed by atoms with Crippen molar-refractivity contribution in [1.82, 2.24) is 9.55 Å². The number of halogens is 1. The molecule has 0 amide bonds. The van der Waals surface area contributed by atoms with Crippen LogP contribution in [0.2, 0.25) is 0 Å². The molecule has 2 aromatic carbocycles. The van der Waals surface area contributed by atoms with Gasteiger partial charge in [-0.2, -0.15) is 0 Å². The molecule has 3 aromatic rings. The van der Waals surface area contributed by atoms with E-state index in [1.165, 1.54) is 29.0 Å². The number of aromatic amines is 1. The maximum Gasteiger partial charge on any atom is 0.330 e. The second kappa shape index (κ2) is 6.27. The summed E-state index contributed by atoms with van der Waals surface area (Å²) in [6.45, 7) is 0. The second-order valence-electron chi connectivity index (χ2n) is 4.93. The van der Waals surface area contributed by atoms with Crippen LogP contribution >= 0.6 is 0 Å². The van der Waals surface area contributed by atoms with Gasteiger partial charge < -0.3 is 4.98 Å². The molecule has 0 spiro atoms. The van der Waals surface area contributed by atoms with Crippen molar-refractivity contribution in [3.05, 3.63) is 94.4 Å². The van der Waals surface area contributed by atoms with Crippen molar-refractivity contribution in [2.45, 2.75) is 0 Å². The summed E-state index contributed by atoms with van der Waals surface area (Å²) in [6.07, 6.45) is 6.18. The highest BCUT2D eigenvalue weighted by atomic mass is 19.1. The highest BCUT2D eigenvalue weighted by molar-refractivity contribution is 6.07. The summed E-state index contributed by atoms with van der Waals surface area (Å²) in [6, 6.07) is 12.6. The van der Waals surface area contributed by atoms with Gasteiger partial charge in [-0.1, -0.05) is 30.3 Å². The molecular weight excluding hydrogens is 295 g/mol. The van der Waals surface area contributed by atoms with Gasteiger partial charge in [0.1, 0.15) is 5.82 Å². The molecule has 3 rings (SSSR count). The summed E-state index contributed by atoms with van der Waals surface area (Å²) in [5, 5.41) is 0. The van der Waals surface area contributed by atoms with E-state index in [0.717, 1.165) is 5.56 Å². The zero-order valence-corrected chi connectivity index (χ0v) is 12.1. The first-order valence-electron chi connectivity index (χ1n) is 6.98. The van der Waals surface area contributed by atoms with Gasteiger partial charge in [-0.05, 0) is 35.9 Å². The minimum absolute atomic E-state index is 0.195. The summed E-state index contributed by atoms with van der Waals surface area (Å²) >= 11 is 0. The van der Waals surface area contributed by atoms with Gasteiger partial charge in [0, 0.05) is 18.0 Å². The maximum absolute atomic E-state index is 12.8.